The third-order valence-corrected chi connectivity index (χ3v) is 5.91. The highest BCUT2D eigenvalue weighted by molar-refractivity contribution is 5.30. The summed E-state index contributed by atoms with van der Waals surface area (Å²) in [4.78, 5) is 0. The van der Waals surface area contributed by atoms with Crippen LogP contribution in [-0.2, 0) is 0 Å². The van der Waals surface area contributed by atoms with E-state index in [0.29, 0.717) is 6.04 Å². The van der Waals surface area contributed by atoms with Crippen molar-refractivity contribution < 1.29 is 0 Å². The van der Waals surface area contributed by atoms with Crippen molar-refractivity contribution in [2.45, 2.75) is 50.5 Å². The third-order valence-electron chi connectivity index (χ3n) is 5.91. The maximum Gasteiger partial charge on any atom is 0.0493 e. The molecule has 1 aromatic carbocycles. The van der Waals surface area contributed by atoms with E-state index in [1.165, 1.54) is 49.7 Å². The Balaban J connectivity index is 1.50. The molecule has 0 heterocycles. The number of rotatable bonds is 4. The van der Waals surface area contributed by atoms with Crippen LogP contribution >= 0.6 is 0 Å². The Bertz CT molecular complexity index is 439. The molecule has 1 aromatic rings. The van der Waals surface area contributed by atoms with Crippen LogP contribution in [0.2, 0.25) is 0 Å². The van der Waals surface area contributed by atoms with E-state index in [9.17, 15) is 0 Å². The minimum absolute atomic E-state index is 0.380. The first-order valence-corrected chi connectivity index (χ1v) is 7.94. The first-order valence-electron chi connectivity index (χ1n) is 7.94. The number of hydrogen-bond acceptors (Lipinski definition) is 2. The van der Waals surface area contributed by atoms with Crippen molar-refractivity contribution in [1.29, 1.82) is 0 Å². The van der Waals surface area contributed by atoms with E-state index in [1.54, 1.807) is 0 Å². The van der Waals surface area contributed by atoms with Crippen LogP contribution in [0.5, 0.6) is 0 Å². The molecule has 0 bridgehead atoms. The summed E-state index contributed by atoms with van der Waals surface area (Å²) >= 11 is 0. The van der Waals surface area contributed by atoms with E-state index in [0.717, 1.165) is 23.7 Å². The van der Waals surface area contributed by atoms with Crippen LogP contribution in [0.15, 0.2) is 24.3 Å². The van der Waals surface area contributed by atoms with Crippen molar-refractivity contribution in [2.75, 3.05) is 0 Å². The Kier molecular flexibility index (Phi) is 2.89. The molecule has 3 atom stereocenters. The van der Waals surface area contributed by atoms with E-state index in [-0.39, 0.29) is 0 Å². The van der Waals surface area contributed by atoms with Crippen LogP contribution in [0.3, 0.4) is 0 Å². The van der Waals surface area contributed by atoms with Crippen molar-refractivity contribution in [1.82, 2.24) is 5.43 Å². The second-order valence-corrected chi connectivity index (χ2v) is 6.77. The zero-order valence-corrected chi connectivity index (χ0v) is 11.5. The van der Waals surface area contributed by atoms with Crippen LogP contribution in [0, 0.1) is 17.8 Å². The van der Waals surface area contributed by atoms with Crippen LogP contribution in [-0.4, -0.2) is 0 Å². The molecule has 3 saturated carbocycles. The van der Waals surface area contributed by atoms with Crippen LogP contribution in [0.1, 0.15) is 61.6 Å². The number of nitrogens with two attached hydrogens (primary N) is 1. The topological polar surface area (TPSA) is 38.0 Å². The van der Waals surface area contributed by atoms with Gasteiger partial charge in [0.1, 0.15) is 0 Å². The highest BCUT2D eigenvalue weighted by Gasteiger charge is 2.55. The molecule has 3 aliphatic carbocycles. The second kappa shape index (κ2) is 4.60. The number of hydrazine groups is 1. The SMILES string of the molecule is NNC(c1ccc(C2CCC2)cc1)C1C2CCCC21. The highest BCUT2D eigenvalue weighted by atomic mass is 15.2. The maximum absolute atomic E-state index is 5.83. The second-order valence-electron chi connectivity index (χ2n) is 6.77. The standard InChI is InChI=1S/C17H24N2/c18-19-17(16-14-5-2-6-15(14)16)13-9-7-12(8-10-13)11-3-1-4-11/h7-11,14-17,19H,1-6,18H2. The minimum atomic E-state index is 0.380. The van der Waals surface area contributed by atoms with Gasteiger partial charge in [0.15, 0.2) is 0 Å². The van der Waals surface area contributed by atoms with Gasteiger partial charge >= 0.3 is 0 Å². The van der Waals surface area contributed by atoms with Gasteiger partial charge in [0, 0.05) is 6.04 Å². The maximum atomic E-state index is 5.83. The summed E-state index contributed by atoms with van der Waals surface area (Å²) in [6.45, 7) is 0. The molecule has 2 nitrogen and oxygen atoms in total. The normalized spacial score (nSPS) is 34.7. The zero-order chi connectivity index (χ0) is 12.8. The van der Waals surface area contributed by atoms with E-state index in [2.05, 4.69) is 29.7 Å². The summed E-state index contributed by atoms with van der Waals surface area (Å²) < 4.78 is 0. The highest BCUT2D eigenvalue weighted by Crippen LogP contribution is 2.62. The molecule has 0 aliphatic heterocycles. The molecular weight excluding hydrogens is 232 g/mol. The van der Waals surface area contributed by atoms with Crippen molar-refractivity contribution in [3.8, 4) is 0 Å². The molecule has 102 valence electrons. The fourth-order valence-electron chi connectivity index (χ4n) is 4.52. The van der Waals surface area contributed by atoms with Gasteiger partial charge in [-0.05, 0) is 60.5 Å². The molecule has 0 spiro atoms. The Labute approximate surface area is 115 Å². The Hall–Kier alpha value is -0.860. The predicted molar refractivity (Wildman–Crippen MR) is 77.4 cm³/mol. The first kappa shape index (κ1) is 11.9. The van der Waals surface area contributed by atoms with Gasteiger partial charge in [-0.2, -0.15) is 0 Å². The average molecular weight is 256 g/mol. The fraction of sp³-hybridized carbons (Fsp3) is 0.647. The fourth-order valence-corrected chi connectivity index (χ4v) is 4.52. The van der Waals surface area contributed by atoms with Gasteiger partial charge in [-0.3, -0.25) is 11.3 Å². The molecule has 0 saturated heterocycles. The molecule has 3 fully saturated rings. The van der Waals surface area contributed by atoms with Gasteiger partial charge in [-0.1, -0.05) is 37.1 Å². The Morgan fingerprint density at radius 2 is 1.58 bits per heavy atom. The molecule has 3 aliphatic rings. The van der Waals surface area contributed by atoms with Gasteiger partial charge in [-0.25, -0.2) is 0 Å². The third kappa shape index (κ3) is 1.93. The number of nitrogens with one attached hydrogen (secondary N) is 1. The molecular formula is C17H24N2. The minimum Gasteiger partial charge on any atom is -0.271 e. The number of fused-ring (bicyclic) bond motifs is 1. The lowest BCUT2D eigenvalue weighted by atomic mass is 9.79. The van der Waals surface area contributed by atoms with Crippen LogP contribution in [0.4, 0.5) is 0 Å². The van der Waals surface area contributed by atoms with Crippen LogP contribution in [0.25, 0.3) is 0 Å². The smallest absolute Gasteiger partial charge is 0.0493 e. The van der Waals surface area contributed by atoms with Crippen molar-refractivity contribution in [2.24, 2.45) is 23.6 Å². The number of hydrogen-bond donors (Lipinski definition) is 2. The van der Waals surface area contributed by atoms with Gasteiger partial charge in [0.2, 0.25) is 0 Å². The van der Waals surface area contributed by atoms with Gasteiger partial charge < -0.3 is 0 Å². The molecule has 0 amide bonds. The molecule has 4 rings (SSSR count). The largest absolute Gasteiger partial charge is 0.271 e. The van der Waals surface area contributed by atoms with E-state index < -0.39 is 0 Å². The van der Waals surface area contributed by atoms with Crippen molar-refractivity contribution in [3.63, 3.8) is 0 Å². The quantitative estimate of drug-likeness (QED) is 0.639. The van der Waals surface area contributed by atoms with E-state index in [4.69, 9.17) is 5.84 Å². The monoisotopic (exact) mass is 256 g/mol. The molecule has 3 N–H and O–H groups in total. The first-order chi connectivity index (χ1) is 9.38. The molecule has 0 radical (unpaired) electrons. The molecule has 19 heavy (non-hydrogen) atoms. The van der Waals surface area contributed by atoms with Crippen molar-refractivity contribution in [3.05, 3.63) is 35.4 Å². The summed E-state index contributed by atoms with van der Waals surface area (Å²) in [6, 6.07) is 9.67. The zero-order valence-electron chi connectivity index (χ0n) is 11.5. The summed E-state index contributed by atoms with van der Waals surface area (Å²) in [5.74, 6) is 9.37. The van der Waals surface area contributed by atoms with E-state index >= 15 is 0 Å². The number of benzene rings is 1. The summed E-state index contributed by atoms with van der Waals surface area (Å²) in [5, 5.41) is 0. The summed E-state index contributed by atoms with van der Waals surface area (Å²) in [7, 11) is 0. The van der Waals surface area contributed by atoms with Gasteiger partial charge in [0.25, 0.3) is 0 Å². The van der Waals surface area contributed by atoms with Gasteiger partial charge in [-0.15, -0.1) is 0 Å². The average Bonchev–Trinajstić information content (AvgIpc) is 2.84. The Morgan fingerprint density at radius 1 is 0.947 bits per heavy atom. The van der Waals surface area contributed by atoms with Crippen molar-refractivity contribution >= 4 is 0 Å². The Morgan fingerprint density at radius 3 is 2.11 bits per heavy atom. The van der Waals surface area contributed by atoms with E-state index in [1.807, 2.05) is 0 Å². The lowest BCUT2D eigenvalue weighted by molar-refractivity contribution is 0.416. The molecule has 0 aromatic heterocycles. The summed E-state index contributed by atoms with van der Waals surface area (Å²) in [6.07, 6.45) is 8.45. The molecule has 2 heteroatoms. The molecule has 3 unspecified atom stereocenters. The van der Waals surface area contributed by atoms with Gasteiger partial charge in [0.05, 0.1) is 0 Å². The predicted octanol–water partition coefficient (Wildman–Crippen LogP) is 3.50. The lowest BCUT2D eigenvalue weighted by Crippen LogP contribution is -2.30. The van der Waals surface area contributed by atoms with Crippen LogP contribution < -0.4 is 11.3 Å². The lowest BCUT2D eigenvalue weighted by Gasteiger charge is -2.26. The summed E-state index contributed by atoms with van der Waals surface area (Å²) in [5.41, 5.74) is 6.01.